The molecule has 146 valence electrons. The Hall–Kier alpha value is -2.70. The number of ether oxygens (including phenoxy) is 1. The standard InChI is InChI=1S/C22H17ClN2O3S/c1-12(26)18-19-14-8-4-6-10-16(14)28-22(18,2)24-21-25(19)20(27)17(29-21)11-13-7-3-5-9-15(13)23/h3-11,18-19H,1-2H3/b17-11+/t18-,19-,22+/m1/s1. The minimum atomic E-state index is -1.05. The van der Waals surface area contributed by atoms with Gasteiger partial charge in [-0.05, 0) is 37.6 Å². The third kappa shape index (κ3) is 2.70. The molecule has 0 spiro atoms. The molecule has 5 rings (SSSR count). The third-order valence-electron chi connectivity index (χ3n) is 5.51. The third-order valence-corrected chi connectivity index (χ3v) is 6.84. The van der Waals surface area contributed by atoms with Crippen LogP contribution in [0.3, 0.4) is 0 Å². The van der Waals surface area contributed by atoms with E-state index in [1.165, 1.54) is 18.3 Å². The summed E-state index contributed by atoms with van der Waals surface area (Å²) in [5.41, 5.74) is 0.359. The van der Waals surface area contributed by atoms with Crippen LogP contribution in [0.5, 0.6) is 5.75 Å². The molecule has 29 heavy (non-hydrogen) atoms. The number of fused-ring (bicyclic) bond motifs is 6. The highest BCUT2D eigenvalue weighted by Crippen LogP contribution is 2.47. The number of nitrogens with zero attached hydrogens (tertiary/aromatic N) is 2. The zero-order valence-corrected chi connectivity index (χ0v) is 17.3. The second-order valence-corrected chi connectivity index (χ2v) is 8.85. The smallest absolute Gasteiger partial charge is 0.270 e. The molecule has 2 aliphatic rings. The van der Waals surface area contributed by atoms with Crippen LogP contribution < -0.4 is 19.6 Å². The number of benzene rings is 2. The number of hydrogen-bond donors (Lipinski definition) is 0. The first-order valence-corrected chi connectivity index (χ1v) is 10.4. The number of ketones is 1. The average molecular weight is 425 g/mol. The van der Waals surface area contributed by atoms with E-state index >= 15 is 0 Å². The molecule has 0 unspecified atom stereocenters. The van der Waals surface area contributed by atoms with Crippen LogP contribution in [0.15, 0.2) is 58.3 Å². The number of aromatic nitrogens is 1. The van der Waals surface area contributed by atoms with Gasteiger partial charge in [0.05, 0.1) is 10.6 Å². The van der Waals surface area contributed by atoms with E-state index in [1.54, 1.807) is 16.7 Å². The molecule has 2 bridgehead atoms. The highest BCUT2D eigenvalue weighted by molar-refractivity contribution is 7.07. The minimum Gasteiger partial charge on any atom is -0.465 e. The fourth-order valence-corrected chi connectivity index (χ4v) is 5.57. The van der Waals surface area contributed by atoms with E-state index in [4.69, 9.17) is 21.3 Å². The summed E-state index contributed by atoms with van der Waals surface area (Å²) in [5, 5.41) is 0.571. The molecule has 5 nitrogen and oxygen atoms in total. The summed E-state index contributed by atoms with van der Waals surface area (Å²) >= 11 is 7.56. The maximum Gasteiger partial charge on any atom is 0.270 e. The number of halogens is 1. The summed E-state index contributed by atoms with van der Waals surface area (Å²) in [6.07, 6.45) is 1.78. The van der Waals surface area contributed by atoms with Gasteiger partial charge in [0, 0.05) is 10.6 Å². The van der Waals surface area contributed by atoms with Gasteiger partial charge < -0.3 is 4.74 Å². The Labute approximate surface area is 175 Å². The first-order chi connectivity index (χ1) is 13.9. The van der Waals surface area contributed by atoms with Crippen molar-refractivity contribution in [2.24, 2.45) is 10.9 Å². The SMILES string of the molecule is CC(=O)[C@@H]1[C@H]2c3ccccc3O[C@]1(C)N=c1s/c(=C/c3ccccc3Cl)c(=O)n12. The van der Waals surface area contributed by atoms with Gasteiger partial charge in [-0.25, -0.2) is 4.99 Å². The second-order valence-electron chi connectivity index (χ2n) is 7.43. The Morgan fingerprint density at radius 3 is 2.72 bits per heavy atom. The normalized spacial score (nSPS) is 24.9. The number of carbonyl (C=O) groups excluding carboxylic acids is 1. The molecule has 2 aromatic carbocycles. The number of carbonyl (C=O) groups is 1. The van der Waals surface area contributed by atoms with Gasteiger partial charge in [0.2, 0.25) is 5.72 Å². The van der Waals surface area contributed by atoms with Crippen molar-refractivity contribution < 1.29 is 9.53 Å². The van der Waals surface area contributed by atoms with Crippen LogP contribution >= 0.6 is 22.9 Å². The first kappa shape index (κ1) is 18.3. The van der Waals surface area contributed by atoms with Crippen LogP contribution in [0.4, 0.5) is 0 Å². The highest BCUT2D eigenvalue weighted by Gasteiger charge is 2.53. The number of rotatable bonds is 2. The van der Waals surface area contributed by atoms with Crippen LogP contribution in [-0.2, 0) is 4.79 Å². The summed E-state index contributed by atoms with van der Waals surface area (Å²) in [7, 11) is 0. The fraction of sp³-hybridized carbons (Fsp3) is 0.227. The maximum atomic E-state index is 13.4. The number of thiazole rings is 1. The van der Waals surface area contributed by atoms with E-state index in [0.29, 0.717) is 20.1 Å². The van der Waals surface area contributed by atoms with Crippen molar-refractivity contribution in [2.75, 3.05) is 0 Å². The minimum absolute atomic E-state index is 0.0591. The molecular formula is C22H17ClN2O3S. The molecule has 3 aromatic rings. The largest absolute Gasteiger partial charge is 0.465 e. The average Bonchev–Trinajstić information content (AvgIpc) is 2.96. The molecule has 2 aliphatic heterocycles. The van der Waals surface area contributed by atoms with Crippen molar-refractivity contribution in [1.29, 1.82) is 0 Å². The number of para-hydroxylation sites is 1. The summed E-state index contributed by atoms with van der Waals surface area (Å²) in [4.78, 5) is 31.3. The first-order valence-electron chi connectivity index (χ1n) is 9.25. The Kier molecular flexibility index (Phi) is 4.05. The van der Waals surface area contributed by atoms with E-state index in [-0.39, 0.29) is 11.3 Å². The molecule has 7 heteroatoms. The van der Waals surface area contributed by atoms with Crippen molar-refractivity contribution >= 4 is 34.8 Å². The predicted molar refractivity (Wildman–Crippen MR) is 112 cm³/mol. The van der Waals surface area contributed by atoms with Gasteiger partial charge in [-0.15, -0.1) is 0 Å². The lowest BCUT2D eigenvalue weighted by atomic mass is 9.79. The van der Waals surface area contributed by atoms with E-state index in [0.717, 1.165) is 11.1 Å². The lowest BCUT2D eigenvalue weighted by Crippen LogP contribution is -2.58. The molecule has 3 atom stereocenters. The molecular weight excluding hydrogens is 408 g/mol. The van der Waals surface area contributed by atoms with Crippen molar-refractivity contribution in [3.8, 4) is 5.75 Å². The molecule has 0 saturated heterocycles. The van der Waals surface area contributed by atoms with Gasteiger partial charge in [-0.3, -0.25) is 14.2 Å². The topological polar surface area (TPSA) is 60.7 Å². The van der Waals surface area contributed by atoms with Crippen molar-refractivity contribution in [2.45, 2.75) is 25.6 Å². The molecule has 1 aromatic heterocycles. The van der Waals surface area contributed by atoms with Crippen LogP contribution in [0.2, 0.25) is 5.02 Å². The number of hydrogen-bond acceptors (Lipinski definition) is 5. The lowest BCUT2D eigenvalue weighted by molar-refractivity contribution is -0.132. The second kappa shape index (κ2) is 6.40. The summed E-state index contributed by atoms with van der Waals surface area (Å²) in [5.74, 6) is 0.0168. The molecule has 0 N–H and O–H groups in total. The van der Waals surface area contributed by atoms with Gasteiger partial charge in [-0.2, -0.15) is 0 Å². The summed E-state index contributed by atoms with van der Waals surface area (Å²) < 4.78 is 8.34. The maximum absolute atomic E-state index is 13.4. The molecule has 0 fully saturated rings. The predicted octanol–water partition coefficient (Wildman–Crippen LogP) is 2.93. The van der Waals surface area contributed by atoms with Crippen LogP contribution in [0, 0.1) is 5.92 Å². The zero-order valence-electron chi connectivity index (χ0n) is 15.8. The van der Waals surface area contributed by atoms with Crippen LogP contribution in [-0.4, -0.2) is 16.1 Å². The molecule has 0 radical (unpaired) electrons. The van der Waals surface area contributed by atoms with Gasteiger partial charge in [0.1, 0.15) is 17.5 Å². The van der Waals surface area contributed by atoms with Crippen molar-refractivity contribution in [1.82, 2.24) is 4.57 Å². The van der Waals surface area contributed by atoms with Gasteiger partial charge in [-0.1, -0.05) is 59.3 Å². The van der Waals surface area contributed by atoms with E-state index in [2.05, 4.69) is 0 Å². The summed E-state index contributed by atoms with van der Waals surface area (Å²) in [6, 6.07) is 14.4. The monoisotopic (exact) mass is 424 g/mol. The molecule has 0 amide bonds. The van der Waals surface area contributed by atoms with Gasteiger partial charge in [0.25, 0.3) is 5.56 Å². The highest BCUT2D eigenvalue weighted by atomic mass is 35.5. The Morgan fingerprint density at radius 2 is 1.97 bits per heavy atom. The van der Waals surface area contributed by atoms with Crippen LogP contribution in [0.25, 0.3) is 6.08 Å². The molecule has 3 heterocycles. The fourth-order valence-electron chi connectivity index (χ4n) is 4.29. The molecule has 0 aliphatic carbocycles. The van der Waals surface area contributed by atoms with E-state index < -0.39 is 17.7 Å². The van der Waals surface area contributed by atoms with E-state index in [9.17, 15) is 9.59 Å². The van der Waals surface area contributed by atoms with Crippen molar-refractivity contribution in [3.63, 3.8) is 0 Å². The quantitative estimate of drug-likeness (QED) is 0.635. The van der Waals surface area contributed by atoms with Gasteiger partial charge >= 0.3 is 0 Å². The van der Waals surface area contributed by atoms with E-state index in [1.807, 2.05) is 49.4 Å². The lowest BCUT2D eigenvalue weighted by Gasteiger charge is -2.45. The van der Waals surface area contributed by atoms with Gasteiger partial charge in [0.15, 0.2) is 4.80 Å². The molecule has 0 saturated carbocycles. The Morgan fingerprint density at radius 1 is 1.24 bits per heavy atom. The zero-order chi connectivity index (χ0) is 20.3. The van der Waals surface area contributed by atoms with Crippen LogP contribution in [0.1, 0.15) is 31.0 Å². The Balaban J connectivity index is 1.83. The van der Waals surface area contributed by atoms with Crippen molar-refractivity contribution in [3.05, 3.63) is 84.4 Å². The Bertz CT molecular complexity index is 1340. The summed E-state index contributed by atoms with van der Waals surface area (Å²) in [6.45, 7) is 3.34. The number of Topliss-reactive ketones (excluding diaryl/α,β-unsaturated/α-hetero) is 1.